The maximum Gasteiger partial charge on any atom is 0.123 e. The van der Waals surface area contributed by atoms with Crippen LogP contribution in [0.4, 0.5) is 4.39 Å². The van der Waals surface area contributed by atoms with Gasteiger partial charge in [-0.25, -0.2) is 4.39 Å². The Morgan fingerprint density at radius 3 is 2.44 bits per heavy atom. The predicted molar refractivity (Wildman–Crippen MR) is 74.1 cm³/mol. The number of hydrogen-bond acceptors (Lipinski definition) is 1. The fourth-order valence-corrected chi connectivity index (χ4v) is 2.48. The molecule has 0 heterocycles. The summed E-state index contributed by atoms with van der Waals surface area (Å²) < 4.78 is 12.9. The highest BCUT2D eigenvalue weighted by molar-refractivity contribution is 5.16. The molecule has 1 saturated carbocycles. The zero-order valence-corrected chi connectivity index (χ0v) is 11.5. The second kappa shape index (κ2) is 6.33. The van der Waals surface area contributed by atoms with Crippen molar-refractivity contribution in [3.63, 3.8) is 0 Å². The van der Waals surface area contributed by atoms with E-state index in [9.17, 15) is 4.39 Å². The summed E-state index contributed by atoms with van der Waals surface area (Å²) in [6.45, 7) is 5.64. The lowest BCUT2D eigenvalue weighted by Gasteiger charge is -2.19. The maximum atomic E-state index is 12.9. The molecule has 1 unspecified atom stereocenters. The summed E-state index contributed by atoms with van der Waals surface area (Å²) >= 11 is 0. The van der Waals surface area contributed by atoms with E-state index in [0.29, 0.717) is 5.92 Å². The van der Waals surface area contributed by atoms with Crippen LogP contribution in [0.3, 0.4) is 0 Å². The summed E-state index contributed by atoms with van der Waals surface area (Å²) in [5.41, 5.74) is 1.25. The summed E-state index contributed by atoms with van der Waals surface area (Å²) in [7, 11) is 0. The first-order valence-electron chi connectivity index (χ1n) is 7.11. The molecule has 1 aromatic rings. The smallest absolute Gasteiger partial charge is 0.123 e. The lowest BCUT2D eigenvalue weighted by Crippen LogP contribution is -2.27. The Labute approximate surface area is 110 Å². The number of hydrogen-bond donors (Lipinski definition) is 1. The molecule has 1 aromatic carbocycles. The van der Waals surface area contributed by atoms with Gasteiger partial charge in [-0.1, -0.05) is 26.0 Å². The molecule has 18 heavy (non-hydrogen) atoms. The van der Waals surface area contributed by atoms with Crippen LogP contribution in [0.5, 0.6) is 0 Å². The molecule has 0 spiro atoms. The minimum absolute atomic E-state index is 0.143. The topological polar surface area (TPSA) is 12.0 Å². The summed E-state index contributed by atoms with van der Waals surface area (Å²) in [5.74, 6) is 1.24. The molecule has 1 atom stereocenters. The Morgan fingerprint density at radius 1 is 1.22 bits per heavy atom. The van der Waals surface area contributed by atoms with Crippen molar-refractivity contribution in [2.45, 2.75) is 45.6 Å². The maximum absolute atomic E-state index is 12.9. The minimum Gasteiger partial charge on any atom is -0.314 e. The van der Waals surface area contributed by atoms with Gasteiger partial charge in [0.15, 0.2) is 0 Å². The molecule has 1 nitrogen and oxygen atoms in total. The Kier molecular flexibility index (Phi) is 4.76. The van der Waals surface area contributed by atoms with Gasteiger partial charge in [0, 0.05) is 6.04 Å². The molecule has 0 aromatic heterocycles. The average Bonchev–Trinajstić information content (AvgIpc) is 3.12. The zero-order valence-electron chi connectivity index (χ0n) is 11.5. The second-order valence-electron chi connectivity index (χ2n) is 6.01. The van der Waals surface area contributed by atoms with Gasteiger partial charge in [-0.2, -0.15) is 0 Å². The van der Waals surface area contributed by atoms with Gasteiger partial charge in [-0.05, 0) is 61.8 Å². The highest BCUT2D eigenvalue weighted by Crippen LogP contribution is 2.22. The van der Waals surface area contributed by atoms with Crippen LogP contribution in [-0.2, 0) is 6.42 Å². The molecule has 0 radical (unpaired) electrons. The predicted octanol–water partition coefficient (Wildman–Crippen LogP) is 3.78. The standard InChI is InChI=1S/C16H24FN/c1-12(2)9-14(11-18-16-7-8-16)10-13-3-5-15(17)6-4-13/h3-6,12,14,16,18H,7-11H2,1-2H3. The van der Waals surface area contributed by atoms with E-state index >= 15 is 0 Å². The Balaban J connectivity index is 1.87. The van der Waals surface area contributed by atoms with E-state index in [4.69, 9.17) is 0 Å². The number of halogens is 1. The Bertz CT molecular complexity index is 354. The third kappa shape index (κ3) is 4.77. The summed E-state index contributed by atoms with van der Waals surface area (Å²) in [6.07, 6.45) is 4.96. The Hall–Kier alpha value is -0.890. The number of rotatable bonds is 7. The van der Waals surface area contributed by atoms with Gasteiger partial charge in [-0.3, -0.25) is 0 Å². The molecule has 1 aliphatic carbocycles. The molecule has 0 amide bonds. The summed E-state index contributed by atoms with van der Waals surface area (Å²) in [5, 5.41) is 3.62. The van der Waals surface area contributed by atoms with Crippen molar-refractivity contribution in [1.29, 1.82) is 0 Å². The number of benzene rings is 1. The monoisotopic (exact) mass is 249 g/mol. The van der Waals surface area contributed by atoms with Crippen molar-refractivity contribution in [3.05, 3.63) is 35.6 Å². The lowest BCUT2D eigenvalue weighted by atomic mass is 9.91. The van der Waals surface area contributed by atoms with Gasteiger partial charge < -0.3 is 5.32 Å². The van der Waals surface area contributed by atoms with Crippen molar-refractivity contribution in [3.8, 4) is 0 Å². The van der Waals surface area contributed by atoms with Crippen molar-refractivity contribution < 1.29 is 4.39 Å². The fourth-order valence-electron chi connectivity index (χ4n) is 2.48. The van der Waals surface area contributed by atoms with Crippen LogP contribution in [0.25, 0.3) is 0 Å². The molecular weight excluding hydrogens is 225 g/mol. The largest absolute Gasteiger partial charge is 0.314 e. The molecule has 0 aliphatic heterocycles. The lowest BCUT2D eigenvalue weighted by molar-refractivity contribution is 0.384. The van der Waals surface area contributed by atoms with Crippen molar-refractivity contribution in [2.75, 3.05) is 6.54 Å². The minimum atomic E-state index is -0.143. The fraction of sp³-hybridized carbons (Fsp3) is 0.625. The van der Waals surface area contributed by atoms with Crippen LogP contribution in [0.2, 0.25) is 0 Å². The highest BCUT2D eigenvalue weighted by atomic mass is 19.1. The van der Waals surface area contributed by atoms with Crippen LogP contribution in [0, 0.1) is 17.7 Å². The highest BCUT2D eigenvalue weighted by Gasteiger charge is 2.22. The normalized spacial score (nSPS) is 17.1. The van der Waals surface area contributed by atoms with E-state index in [1.807, 2.05) is 12.1 Å². The van der Waals surface area contributed by atoms with Gasteiger partial charge in [0.25, 0.3) is 0 Å². The molecular formula is C16H24FN. The van der Waals surface area contributed by atoms with Crippen molar-refractivity contribution in [2.24, 2.45) is 11.8 Å². The first-order chi connectivity index (χ1) is 8.63. The SMILES string of the molecule is CC(C)CC(CNC1CC1)Cc1ccc(F)cc1. The van der Waals surface area contributed by atoms with Crippen LogP contribution < -0.4 is 5.32 Å². The van der Waals surface area contributed by atoms with Crippen LogP contribution in [0.15, 0.2) is 24.3 Å². The molecule has 2 rings (SSSR count). The second-order valence-corrected chi connectivity index (χ2v) is 6.01. The molecule has 100 valence electrons. The van der Waals surface area contributed by atoms with E-state index < -0.39 is 0 Å². The van der Waals surface area contributed by atoms with Crippen molar-refractivity contribution in [1.82, 2.24) is 5.32 Å². The Morgan fingerprint density at radius 2 is 1.89 bits per heavy atom. The molecule has 2 heteroatoms. The average molecular weight is 249 g/mol. The molecule has 0 saturated heterocycles. The number of nitrogens with one attached hydrogen (secondary N) is 1. The third-order valence-corrected chi connectivity index (χ3v) is 3.51. The van der Waals surface area contributed by atoms with Crippen LogP contribution >= 0.6 is 0 Å². The first kappa shape index (κ1) is 13.5. The van der Waals surface area contributed by atoms with Gasteiger partial charge in [0.2, 0.25) is 0 Å². The van der Waals surface area contributed by atoms with Gasteiger partial charge in [0.1, 0.15) is 5.82 Å². The molecule has 0 bridgehead atoms. The van der Waals surface area contributed by atoms with E-state index in [0.717, 1.165) is 24.9 Å². The third-order valence-electron chi connectivity index (χ3n) is 3.51. The molecule has 1 fully saturated rings. The van der Waals surface area contributed by atoms with E-state index in [1.165, 1.54) is 24.8 Å². The molecule has 1 N–H and O–H groups in total. The van der Waals surface area contributed by atoms with Gasteiger partial charge in [0.05, 0.1) is 0 Å². The zero-order chi connectivity index (χ0) is 13.0. The summed E-state index contributed by atoms with van der Waals surface area (Å²) in [6, 6.07) is 7.74. The van der Waals surface area contributed by atoms with Crippen LogP contribution in [-0.4, -0.2) is 12.6 Å². The van der Waals surface area contributed by atoms with E-state index in [1.54, 1.807) is 12.1 Å². The van der Waals surface area contributed by atoms with Gasteiger partial charge >= 0.3 is 0 Å². The van der Waals surface area contributed by atoms with E-state index in [-0.39, 0.29) is 5.82 Å². The van der Waals surface area contributed by atoms with E-state index in [2.05, 4.69) is 19.2 Å². The van der Waals surface area contributed by atoms with Gasteiger partial charge in [-0.15, -0.1) is 0 Å². The van der Waals surface area contributed by atoms with Crippen molar-refractivity contribution >= 4 is 0 Å². The summed E-state index contributed by atoms with van der Waals surface area (Å²) in [4.78, 5) is 0. The van der Waals surface area contributed by atoms with Crippen LogP contribution in [0.1, 0.15) is 38.7 Å². The quantitative estimate of drug-likeness (QED) is 0.775. The molecule has 1 aliphatic rings. The first-order valence-corrected chi connectivity index (χ1v) is 7.11.